The molecule has 2 aromatic carbocycles. The smallest absolute Gasteiger partial charge is 0.203 e. The van der Waals surface area contributed by atoms with Crippen LogP contribution in [-0.2, 0) is 6.42 Å². The summed E-state index contributed by atoms with van der Waals surface area (Å²) >= 11 is 0. The average Bonchev–Trinajstić information content (AvgIpc) is 3.08. The zero-order valence-corrected chi connectivity index (χ0v) is 13.1. The Morgan fingerprint density at radius 2 is 1.62 bits per heavy atom. The highest BCUT2D eigenvalue weighted by Gasteiger charge is 2.11. The van der Waals surface area contributed by atoms with Gasteiger partial charge in [0.25, 0.3) is 0 Å². The van der Waals surface area contributed by atoms with Crippen molar-refractivity contribution in [1.82, 2.24) is 19.6 Å². The summed E-state index contributed by atoms with van der Waals surface area (Å²) in [5.41, 5.74) is 3.07. The van der Waals surface area contributed by atoms with Gasteiger partial charge in [0.1, 0.15) is 0 Å². The average molecular weight is 315 g/mol. The lowest BCUT2D eigenvalue weighted by atomic mass is 10.1. The summed E-state index contributed by atoms with van der Waals surface area (Å²) in [4.78, 5) is 4.41. The van der Waals surface area contributed by atoms with E-state index in [1.54, 1.807) is 6.20 Å². The van der Waals surface area contributed by atoms with E-state index in [9.17, 15) is 0 Å². The molecule has 0 saturated carbocycles. The molecule has 0 atom stereocenters. The monoisotopic (exact) mass is 315 g/mol. The molecule has 4 rings (SSSR count). The molecule has 1 N–H and O–H groups in total. The van der Waals surface area contributed by atoms with E-state index in [1.165, 1.54) is 5.56 Å². The molecule has 2 aromatic heterocycles. The molecule has 0 bridgehead atoms. The Hall–Kier alpha value is -3.21. The van der Waals surface area contributed by atoms with Crippen LogP contribution in [0, 0.1) is 0 Å². The first-order valence-corrected chi connectivity index (χ1v) is 7.95. The number of hydrogen-bond acceptors (Lipinski definition) is 4. The van der Waals surface area contributed by atoms with Gasteiger partial charge >= 0.3 is 0 Å². The number of anilines is 1. The van der Waals surface area contributed by atoms with Gasteiger partial charge in [-0.1, -0.05) is 60.7 Å². The SMILES string of the molecule is c1ccc(CCNc2nccn3c(-c4ccccc4)nnc23)cc1. The Kier molecular flexibility index (Phi) is 3.90. The van der Waals surface area contributed by atoms with Gasteiger partial charge in [-0.3, -0.25) is 4.40 Å². The molecule has 0 amide bonds. The molecule has 0 spiro atoms. The number of rotatable bonds is 5. The van der Waals surface area contributed by atoms with Gasteiger partial charge in [-0.25, -0.2) is 4.98 Å². The lowest BCUT2D eigenvalue weighted by Crippen LogP contribution is -2.08. The number of aromatic nitrogens is 4. The zero-order valence-electron chi connectivity index (χ0n) is 13.1. The number of benzene rings is 2. The Morgan fingerprint density at radius 3 is 2.42 bits per heavy atom. The van der Waals surface area contributed by atoms with E-state index in [-0.39, 0.29) is 0 Å². The van der Waals surface area contributed by atoms with Crippen LogP contribution in [-0.4, -0.2) is 26.1 Å². The molecule has 24 heavy (non-hydrogen) atoms. The van der Waals surface area contributed by atoms with Crippen LogP contribution in [0.1, 0.15) is 5.56 Å². The van der Waals surface area contributed by atoms with Crippen LogP contribution in [0.15, 0.2) is 73.1 Å². The van der Waals surface area contributed by atoms with Crippen LogP contribution < -0.4 is 5.32 Å². The summed E-state index contributed by atoms with van der Waals surface area (Å²) in [6.45, 7) is 0.796. The van der Waals surface area contributed by atoms with Gasteiger partial charge in [-0.2, -0.15) is 0 Å². The van der Waals surface area contributed by atoms with Crippen molar-refractivity contribution in [2.45, 2.75) is 6.42 Å². The molecule has 0 fully saturated rings. The lowest BCUT2D eigenvalue weighted by Gasteiger charge is -2.07. The molecule has 2 heterocycles. The zero-order chi connectivity index (χ0) is 16.2. The minimum Gasteiger partial charge on any atom is -0.367 e. The Labute approximate surface area is 140 Å². The highest BCUT2D eigenvalue weighted by molar-refractivity contribution is 5.67. The largest absolute Gasteiger partial charge is 0.367 e. The molecule has 0 aliphatic heterocycles. The van der Waals surface area contributed by atoms with Crippen molar-refractivity contribution in [2.24, 2.45) is 0 Å². The van der Waals surface area contributed by atoms with Crippen LogP contribution >= 0.6 is 0 Å². The molecule has 4 aromatic rings. The minimum absolute atomic E-state index is 0.740. The van der Waals surface area contributed by atoms with E-state index in [2.05, 4.69) is 44.8 Å². The first-order valence-electron chi connectivity index (χ1n) is 7.95. The van der Waals surface area contributed by atoms with E-state index < -0.39 is 0 Å². The van der Waals surface area contributed by atoms with Gasteiger partial charge in [-0.05, 0) is 12.0 Å². The van der Waals surface area contributed by atoms with Crippen molar-refractivity contribution in [2.75, 3.05) is 11.9 Å². The summed E-state index contributed by atoms with van der Waals surface area (Å²) in [7, 11) is 0. The maximum atomic E-state index is 4.41. The van der Waals surface area contributed by atoms with E-state index in [0.29, 0.717) is 0 Å². The molecule has 0 aliphatic rings. The second-order valence-corrected chi connectivity index (χ2v) is 5.52. The molecular weight excluding hydrogens is 298 g/mol. The molecule has 0 saturated heterocycles. The number of nitrogens with zero attached hydrogens (tertiary/aromatic N) is 4. The van der Waals surface area contributed by atoms with Crippen LogP contribution in [0.4, 0.5) is 5.82 Å². The van der Waals surface area contributed by atoms with Gasteiger partial charge < -0.3 is 5.32 Å². The van der Waals surface area contributed by atoms with Crippen molar-refractivity contribution in [1.29, 1.82) is 0 Å². The van der Waals surface area contributed by atoms with Crippen LogP contribution in [0.25, 0.3) is 17.0 Å². The third kappa shape index (κ3) is 2.84. The number of fused-ring (bicyclic) bond motifs is 1. The van der Waals surface area contributed by atoms with Crippen molar-refractivity contribution >= 4 is 11.5 Å². The Balaban J connectivity index is 1.57. The molecule has 0 aliphatic carbocycles. The standard InChI is InChI=1S/C19H17N5/c1-3-7-15(8-4-1)11-12-20-17-19-23-22-18(24(19)14-13-21-17)16-9-5-2-6-10-16/h1-10,13-14H,11-12H2,(H,20,21). The van der Waals surface area contributed by atoms with Crippen LogP contribution in [0.2, 0.25) is 0 Å². The summed E-state index contributed by atoms with van der Waals surface area (Å²) in [6, 6.07) is 20.4. The summed E-state index contributed by atoms with van der Waals surface area (Å²) in [6.07, 6.45) is 4.59. The van der Waals surface area contributed by atoms with Crippen molar-refractivity contribution < 1.29 is 0 Å². The van der Waals surface area contributed by atoms with Gasteiger partial charge in [-0.15, -0.1) is 10.2 Å². The van der Waals surface area contributed by atoms with Gasteiger partial charge in [0, 0.05) is 24.5 Å². The molecule has 5 heteroatoms. The summed E-state index contributed by atoms with van der Waals surface area (Å²) < 4.78 is 1.97. The van der Waals surface area contributed by atoms with E-state index in [4.69, 9.17) is 0 Å². The first kappa shape index (κ1) is 14.4. The fourth-order valence-corrected chi connectivity index (χ4v) is 2.70. The van der Waals surface area contributed by atoms with Crippen molar-refractivity contribution in [3.63, 3.8) is 0 Å². The topological polar surface area (TPSA) is 55.1 Å². The number of nitrogens with one attached hydrogen (secondary N) is 1. The molecule has 5 nitrogen and oxygen atoms in total. The third-order valence-electron chi connectivity index (χ3n) is 3.91. The molecule has 0 unspecified atom stereocenters. The predicted molar refractivity (Wildman–Crippen MR) is 94.9 cm³/mol. The number of hydrogen-bond donors (Lipinski definition) is 1. The fraction of sp³-hybridized carbons (Fsp3) is 0.105. The molecular formula is C19H17N5. The second kappa shape index (κ2) is 6.50. The van der Waals surface area contributed by atoms with Gasteiger partial charge in [0.05, 0.1) is 0 Å². The maximum Gasteiger partial charge on any atom is 0.203 e. The van der Waals surface area contributed by atoms with E-state index in [0.717, 1.165) is 35.8 Å². The minimum atomic E-state index is 0.740. The van der Waals surface area contributed by atoms with Gasteiger partial charge in [0.15, 0.2) is 11.6 Å². The van der Waals surface area contributed by atoms with E-state index >= 15 is 0 Å². The van der Waals surface area contributed by atoms with Crippen molar-refractivity contribution in [3.05, 3.63) is 78.6 Å². The highest BCUT2D eigenvalue weighted by Crippen LogP contribution is 2.20. The Bertz CT molecular complexity index is 932. The normalized spacial score (nSPS) is 10.8. The maximum absolute atomic E-state index is 4.41. The molecule has 0 radical (unpaired) electrons. The molecule has 118 valence electrons. The Morgan fingerprint density at radius 1 is 0.875 bits per heavy atom. The highest BCUT2D eigenvalue weighted by atomic mass is 15.3. The predicted octanol–water partition coefficient (Wildman–Crippen LogP) is 3.45. The summed E-state index contributed by atoms with van der Waals surface area (Å²) in [5.74, 6) is 1.57. The van der Waals surface area contributed by atoms with Crippen LogP contribution in [0.5, 0.6) is 0 Å². The lowest BCUT2D eigenvalue weighted by molar-refractivity contribution is 0.998. The quantitative estimate of drug-likeness (QED) is 0.613. The fourth-order valence-electron chi connectivity index (χ4n) is 2.70. The van der Waals surface area contributed by atoms with Crippen LogP contribution in [0.3, 0.4) is 0 Å². The second-order valence-electron chi connectivity index (χ2n) is 5.52. The van der Waals surface area contributed by atoms with E-state index in [1.807, 2.05) is 47.0 Å². The first-order chi connectivity index (χ1) is 11.9. The third-order valence-corrected chi connectivity index (χ3v) is 3.91. The van der Waals surface area contributed by atoms with Crippen molar-refractivity contribution in [3.8, 4) is 11.4 Å². The van der Waals surface area contributed by atoms with Gasteiger partial charge in [0.2, 0.25) is 5.65 Å². The summed E-state index contributed by atoms with van der Waals surface area (Å²) in [5, 5.41) is 12.0.